The number of nitrogens with two attached hydrogens (primary N) is 1. The molecule has 0 atom stereocenters. The van der Waals surface area contributed by atoms with Gasteiger partial charge in [-0.25, -0.2) is 0 Å². The molecule has 0 amide bonds. The summed E-state index contributed by atoms with van der Waals surface area (Å²) in [6.07, 6.45) is 1.71. The van der Waals surface area contributed by atoms with Crippen molar-refractivity contribution in [2.75, 3.05) is 11.1 Å². The Morgan fingerprint density at radius 1 is 1.40 bits per heavy atom. The van der Waals surface area contributed by atoms with E-state index in [1.165, 1.54) is 0 Å². The average Bonchev–Trinajstić information content (AvgIpc) is 2.69. The number of hydrogen-bond acceptors (Lipinski definition) is 3. The number of aromatic nitrogens is 2. The van der Waals surface area contributed by atoms with Crippen LogP contribution in [0.1, 0.15) is 5.69 Å². The summed E-state index contributed by atoms with van der Waals surface area (Å²) in [7, 11) is 0. The van der Waals surface area contributed by atoms with E-state index in [-0.39, 0.29) is 0 Å². The predicted molar refractivity (Wildman–Crippen MR) is 61.8 cm³/mol. The minimum atomic E-state index is 0.620. The first-order valence-electron chi connectivity index (χ1n) is 4.53. The number of H-pyrrole nitrogens is 1. The second-order valence-corrected chi connectivity index (χ2v) is 3.58. The van der Waals surface area contributed by atoms with Crippen LogP contribution in [-0.2, 0) is 6.54 Å². The Hall–Kier alpha value is -1.68. The number of nitrogen functional groups attached to an aromatic ring is 1. The van der Waals surface area contributed by atoms with Crippen molar-refractivity contribution >= 4 is 23.0 Å². The lowest BCUT2D eigenvalue weighted by Crippen LogP contribution is -2.00. The van der Waals surface area contributed by atoms with Gasteiger partial charge in [-0.15, -0.1) is 0 Å². The van der Waals surface area contributed by atoms with Gasteiger partial charge >= 0.3 is 0 Å². The first-order chi connectivity index (χ1) is 7.25. The maximum Gasteiger partial charge on any atom is 0.0658 e. The van der Waals surface area contributed by atoms with Crippen molar-refractivity contribution in [3.05, 3.63) is 41.2 Å². The summed E-state index contributed by atoms with van der Waals surface area (Å²) in [6.45, 7) is 0.656. The van der Waals surface area contributed by atoms with E-state index in [4.69, 9.17) is 17.3 Å². The normalized spacial score (nSPS) is 10.2. The Balaban J connectivity index is 2.05. The van der Waals surface area contributed by atoms with Crippen LogP contribution < -0.4 is 11.1 Å². The number of rotatable bonds is 3. The fourth-order valence-corrected chi connectivity index (χ4v) is 1.50. The number of aromatic amines is 1. The van der Waals surface area contributed by atoms with Gasteiger partial charge in [0.25, 0.3) is 0 Å². The van der Waals surface area contributed by atoms with Crippen LogP contribution in [0.15, 0.2) is 30.5 Å². The first kappa shape index (κ1) is 9.86. The molecule has 1 heterocycles. The molecule has 0 unspecified atom stereocenters. The molecule has 0 saturated carbocycles. The average molecular weight is 223 g/mol. The van der Waals surface area contributed by atoms with Crippen molar-refractivity contribution in [1.82, 2.24) is 10.2 Å². The molecule has 0 bridgehead atoms. The number of nitrogens with zero attached hydrogens (tertiary/aromatic N) is 1. The van der Waals surface area contributed by atoms with Gasteiger partial charge in [-0.1, -0.05) is 11.6 Å². The second kappa shape index (κ2) is 4.23. The van der Waals surface area contributed by atoms with Crippen molar-refractivity contribution in [1.29, 1.82) is 0 Å². The summed E-state index contributed by atoms with van der Waals surface area (Å²) in [5.74, 6) is 0. The summed E-state index contributed by atoms with van der Waals surface area (Å²) < 4.78 is 0. The molecule has 5 heteroatoms. The largest absolute Gasteiger partial charge is 0.399 e. The molecule has 15 heavy (non-hydrogen) atoms. The van der Waals surface area contributed by atoms with Gasteiger partial charge in [-0.05, 0) is 24.3 Å². The maximum absolute atomic E-state index is 6.00. The standard InChI is InChI=1S/C10H11ClN4/c11-9-5-7(12)1-2-10(9)13-6-8-3-4-14-15-8/h1-5,13H,6,12H2,(H,14,15). The molecule has 1 aromatic carbocycles. The topological polar surface area (TPSA) is 66.7 Å². The zero-order valence-electron chi connectivity index (χ0n) is 8.00. The molecule has 0 spiro atoms. The Morgan fingerprint density at radius 2 is 2.27 bits per heavy atom. The highest BCUT2D eigenvalue weighted by molar-refractivity contribution is 6.33. The molecule has 4 N–H and O–H groups in total. The highest BCUT2D eigenvalue weighted by Crippen LogP contribution is 2.24. The van der Waals surface area contributed by atoms with Gasteiger partial charge in [0.1, 0.15) is 0 Å². The zero-order chi connectivity index (χ0) is 10.7. The Kier molecular flexibility index (Phi) is 2.78. The summed E-state index contributed by atoms with van der Waals surface area (Å²) in [5, 5.41) is 10.5. The summed E-state index contributed by atoms with van der Waals surface area (Å²) in [4.78, 5) is 0. The van der Waals surface area contributed by atoms with Crippen LogP contribution in [0.4, 0.5) is 11.4 Å². The molecule has 0 radical (unpaired) electrons. The number of anilines is 2. The molecule has 0 aliphatic carbocycles. The Labute approximate surface area is 92.4 Å². The number of nitrogens with one attached hydrogen (secondary N) is 2. The molecular formula is C10H11ClN4. The van der Waals surface area contributed by atoms with Gasteiger partial charge in [0, 0.05) is 11.9 Å². The fourth-order valence-electron chi connectivity index (χ4n) is 1.25. The van der Waals surface area contributed by atoms with E-state index in [0.29, 0.717) is 17.3 Å². The summed E-state index contributed by atoms with van der Waals surface area (Å²) in [6, 6.07) is 7.28. The van der Waals surface area contributed by atoms with Crippen molar-refractivity contribution < 1.29 is 0 Å². The smallest absolute Gasteiger partial charge is 0.0658 e. The lowest BCUT2D eigenvalue weighted by molar-refractivity contribution is 0.981. The SMILES string of the molecule is Nc1ccc(NCc2ccn[nH]2)c(Cl)c1. The van der Waals surface area contributed by atoms with Gasteiger partial charge in [-0.2, -0.15) is 5.10 Å². The van der Waals surface area contributed by atoms with E-state index in [2.05, 4.69) is 15.5 Å². The van der Waals surface area contributed by atoms with Crippen LogP contribution in [-0.4, -0.2) is 10.2 Å². The van der Waals surface area contributed by atoms with E-state index < -0.39 is 0 Å². The van der Waals surface area contributed by atoms with Crippen LogP contribution in [0.2, 0.25) is 5.02 Å². The summed E-state index contributed by atoms with van der Waals surface area (Å²) in [5.41, 5.74) is 8.11. The lowest BCUT2D eigenvalue weighted by Gasteiger charge is -2.07. The van der Waals surface area contributed by atoms with Crippen LogP contribution in [0.5, 0.6) is 0 Å². The molecule has 2 rings (SSSR count). The third kappa shape index (κ3) is 2.41. The molecule has 78 valence electrons. The highest BCUT2D eigenvalue weighted by Gasteiger charge is 2.00. The number of benzene rings is 1. The van der Waals surface area contributed by atoms with Gasteiger partial charge < -0.3 is 11.1 Å². The Bertz CT molecular complexity index is 439. The molecule has 0 saturated heterocycles. The van der Waals surface area contributed by atoms with Crippen molar-refractivity contribution in [3.63, 3.8) is 0 Å². The van der Waals surface area contributed by atoms with Crippen LogP contribution >= 0.6 is 11.6 Å². The van der Waals surface area contributed by atoms with Gasteiger partial charge in [0.15, 0.2) is 0 Å². The first-order valence-corrected chi connectivity index (χ1v) is 4.90. The minimum Gasteiger partial charge on any atom is -0.399 e. The number of halogens is 1. The van der Waals surface area contributed by atoms with Crippen molar-refractivity contribution in [2.24, 2.45) is 0 Å². The molecule has 0 aliphatic rings. The molecule has 2 aromatic rings. The third-order valence-electron chi connectivity index (χ3n) is 2.02. The molecule has 0 aliphatic heterocycles. The Morgan fingerprint density at radius 3 is 2.93 bits per heavy atom. The maximum atomic E-state index is 6.00. The van der Waals surface area contributed by atoms with Crippen molar-refractivity contribution in [3.8, 4) is 0 Å². The quantitative estimate of drug-likeness (QED) is 0.698. The second-order valence-electron chi connectivity index (χ2n) is 3.17. The van der Waals surface area contributed by atoms with Crippen LogP contribution in [0, 0.1) is 0 Å². The lowest BCUT2D eigenvalue weighted by atomic mass is 10.3. The van der Waals surface area contributed by atoms with E-state index in [1.54, 1.807) is 18.3 Å². The molecule has 1 aromatic heterocycles. The summed E-state index contributed by atoms with van der Waals surface area (Å²) >= 11 is 6.00. The molecule has 0 fully saturated rings. The predicted octanol–water partition coefficient (Wildman–Crippen LogP) is 2.26. The number of hydrogen-bond donors (Lipinski definition) is 3. The third-order valence-corrected chi connectivity index (χ3v) is 2.33. The zero-order valence-corrected chi connectivity index (χ0v) is 8.75. The van der Waals surface area contributed by atoms with Crippen LogP contribution in [0.25, 0.3) is 0 Å². The monoisotopic (exact) mass is 222 g/mol. The van der Waals surface area contributed by atoms with E-state index in [1.807, 2.05) is 12.1 Å². The van der Waals surface area contributed by atoms with E-state index >= 15 is 0 Å². The minimum absolute atomic E-state index is 0.620. The van der Waals surface area contributed by atoms with Gasteiger partial charge in [-0.3, -0.25) is 5.10 Å². The van der Waals surface area contributed by atoms with Gasteiger partial charge in [0.05, 0.1) is 22.9 Å². The fraction of sp³-hybridized carbons (Fsp3) is 0.100. The van der Waals surface area contributed by atoms with Crippen molar-refractivity contribution in [2.45, 2.75) is 6.54 Å². The van der Waals surface area contributed by atoms with Crippen LogP contribution in [0.3, 0.4) is 0 Å². The van der Waals surface area contributed by atoms with E-state index in [9.17, 15) is 0 Å². The van der Waals surface area contributed by atoms with E-state index in [0.717, 1.165) is 11.4 Å². The molecular weight excluding hydrogens is 212 g/mol. The highest BCUT2D eigenvalue weighted by atomic mass is 35.5. The molecule has 4 nitrogen and oxygen atoms in total. The van der Waals surface area contributed by atoms with Gasteiger partial charge in [0.2, 0.25) is 0 Å².